The van der Waals surface area contributed by atoms with Gasteiger partial charge in [-0.2, -0.15) is 0 Å². The topological polar surface area (TPSA) is 35.2 Å². The Morgan fingerprint density at radius 1 is 1.67 bits per heavy atom. The van der Waals surface area contributed by atoms with Gasteiger partial charge < -0.3 is 10.5 Å². The molecule has 2 heteroatoms. The number of fused-ring (bicyclic) bond motifs is 2. The maximum Gasteiger partial charge on any atom is 0.0582 e. The summed E-state index contributed by atoms with van der Waals surface area (Å²) in [6.45, 7) is 1.75. The fourth-order valence-corrected chi connectivity index (χ4v) is 1.97. The molecule has 0 aromatic carbocycles. The zero-order chi connectivity index (χ0) is 6.32. The fraction of sp³-hybridized carbons (Fsp3) is 1.00. The van der Waals surface area contributed by atoms with E-state index in [0.29, 0.717) is 11.5 Å². The van der Waals surface area contributed by atoms with E-state index in [4.69, 9.17) is 10.5 Å². The SMILES string of the molecule is NCC12CCC(C1)OC2. The quantitative estimate of drug-likeness (QED) is 0.557. The smallest absolute Gasteiger partial charge is 0.0582 e. The van der Waals surface area contributed by atoms with Crippen molar-refractivity contribution in [1.82, 2.24) is 0 Å². The summed E-state index contributed by atoms with van der Waals surface area (Å²) in [5, 5.41) is 0. The van der Waals surface area contributed by atoms with E-state index in [1.54, 1.807) is 0 Å². The first kappa shape index (κ1) is 5.69. The number of hydrogen-bond donors (Lipinski definition) is 1. The van der Waals surface area contributed by atoms with E-state index >= 15 is 0 Å². The second-order valence-corrected chi connectivity index (χ2v) is 3.38. The molecular weight excluding hydrogens is 114 g/mol. The Hall–Kier alpha value is -0.0800. The maximum atomic E-state index is 5.63. The van der Waals surface area contributed by atoms with Crippen LogP contribution in [0.1, 0.15) is 19.3 Å². The van der Waals surface area contributed by atoms with E-state index < -0.39 is 0 Å². The van der Waals surface area contributed by atoms with Crippen LogP contribution in [-0.2, 0) is 4.74 Å². The Balaban J connectivity index is 2.13. The Labute approximate surface area is 55.4 Å². The van der Waals surface area contributed by atoms with E-state index in [1.165, 1.54) is 19.3 Å². The Bertz CT molecular complexity index is 116. The first-order chi connectivity index (χ1) is 4.35. The van der Waals surface area contributed by atoms with Crippen LogP contribution in [0.2, 0.25) is 0 Å². The maximum absolute atomic E-state index is 5.63. The van der Waals surface area contributed by atoms with E-state index in [-0.39, 0.29) is 0 Å². The van der Waals surface area contributed by atoms with Gasteiger partial charge in [-0.1, -0.05) is 0 Å². The zero-order valence-electron chi connectivity index (χ0n) is 5.60. The highest BCUT2D eigenvalue weighted by Gasteiger charge is 2.44. The molecule has 52 valence electrons. The van der Waals surface area contributed by atoms with Gasteiger partial charge in [0.1, 0.15) is 0 Å². The van der Waals surface area contributed by atoms with Crippen molar-refractivity contribution in [3.05, 3.63) is 0 Å². The van der Waals surface area contributed by atoms with Crippen molar-refractivity contribution in [1.29, 1.82) is 0 Å². The molecule has 1 aliphatic heterocycles. The van der Waals surface area contributed by atoms with Gasteiger partial charge in [-0.05, 0) is 19.3 Å². The Morgan fingerprint density at radius 2 is 2.56 bits per heavy atom. The lowest BCUT2D eigenvalue weighted by atomic mass is 9.89. The van der Waals surface area contributed by atoms with Crippen LogP contribution < -0.4 is 5.73 Å². The average Bonchev–Trinajstić information content (AvgIpc) is 2.46. The molecule has 0 amide bonds. The molecule has 2 rings (SSSR count). The van der Waals surface area contributed by atoms with Gasteiger partial charge in [-0.25, -0.2) is 0 Å². The summed E-state index contributed by atoms with van der Waals surface area (Å²) in [4.78, 5) is 0. The molecule has 1 saturated carbocycles. The van der Waals surface area contributed by atoms with Crippen molar-refractivity contribution in [2.75, 3.05) is 13.2 Å². The van der Waals surface area contributed by atoms with Crippen molar-refractivity contribution in [3.8, 4) is 0 Å². The van der Waals surface area contributed by atoms with Crippen LogP contribution in [0.3, 0.4) is 0 Å². The van der Waals surface area contributed by atoms with E-state index in [2.05, 4.69) is 0 Å². The van der Waals surface area contributed by atoms with Gasteiger partial charge in [0, 0.05) is 12.0 Å². The van der Waals surface area contributed by atoms with Crippen molar-refractivity contribution in [2.45, 2.75) is 25.4 Å². The fourth-order valence-electron chi connectivity index (χ4n) is 1.97. The molecule has 2 fully saturated rings. The molecule has 1 saturated heterocycles. The van der Waals surface area contributed by atoms with Crippen molar-refractivity contribution >= 4 is 0 Å². The molecule has 2 unspecified atom stereocenters. The summed E-state index contributed by atoms with van der Waals surface area (Å²) in [6.07, 6.45) is 4.34. The largest absolute Gasteiger partial charge is 0.378 e. The van der Waals surface area contributed by atoms with Crippen LogP contribution in [0.5, 0.6) is 0 Å². The first-order valence-corrected chi connectivity index (χ1v) is 3.66. The van der Waals surface area contributed by atoms with Gasteiger partial charge in [0.25, 0.3) is 0 Å². The molecule has 2 N–H and O–H groups in total. The highest BCUT2D eigenvalue weighted by Crippen LogP contribution is 2.44. The van der Waals surface area contributed by atoms with Gasteiger partial charge in [0.05, 0.1) is 12.7 Å². The molecule has 0 radical (unpaired) electrons. The van der Waals surface area contributed by atoms with Crippen LogP contribution in [0.4, 0.5) is 0 Å². The van der Waals surface area contributed by atoms with Gasteiger partial charge in [-0.3, -0.25) is 0 Å². The lowest BCUT2D eigenvalue weighted by molar-refractivity contribution is 0.0538. The van der Waals surface area contributed by atoms with E-state index in [9.17, 15) is 0 Å². The zero-order valence-corrected chi connectivity index (χ0v) is 5.60. The third-order valence-corrected chi connectivity index (χ3v) is 2.72. The molecular formula is C7H13NO. The third kappa shape index (κ3) is 0.700. The molecule has 0 spiro atoms. The monoisotopic (exact) mass is 127 g/mol. The summed E-state index contributed by atoms with van der Waals surface area (Å²) in [5.41, 5.74) is 6.03. The molecule has 0 aromatic heterocycles. The second-order valence-electron chi connectivity index (χ2n) is 3.38. The molecule has 1 aliphatic carbocycles. The Morgan fingerprint density at radius 3 is 2.78 bits per heavy atom. The number of rotatable bonds is 1. The number of hydrogen-bond acceptors (Lipinski definition) is 2. The van der Waals surface area contributed by atoms with Crippen molar-refractivity contribution < 1.29 is 4.74 Å². The molecule has 2 atom stereocenters. The minimum atomic E-state index is 0.407. The second kappa shape index (κ2) is 1.70. The van der Waals surface area contributed by atoms with Crippen LogP contribution in [0.25, 0.3) is 0 Å². The van der Waals surface area contributed by atoms with Crippen LogP contribution in [0.15, 0.2) is 0 Å². The Kier molecular flexibility index (Phi) is 1.08. The average molecular weight is 127 g/mol. The first-order valence-electron chi connectivity index (χ1n) is 3.66. The minimum absolute atomic E-state index is 0.407. The normalized spacial score (nSPS) is 48.3. The van der Waals surface area contributed by atoms with Gasteiger partial charge in [0.15, 0.2) is 0 Å². The van der Waals surface area contributed by atoms with Gasteiger partial charge in [-0.15, -0.1) is 0 Å². The van der Waals surface area contributed by atoms with E-state index in [0.717, 1.165) is 13.2 Å². The van der Waals surface area contributed by atoms with Crippen molar-refractivity contribution in [2.24, 2.45) is 11.1 Å². The number of nitrogens with two attached hydrogens (primary N) is 1. The molecule has 2 bridgehead atoms. The molecule has 0 aromatic rings. The standard InChI is InChI=1S/C7H13NO/c8-4-7-2-1-6(3-7)9-5-7/h6H,1-5,8H2. The summed E-state index contributed by atoms with van der Waals surface area (Å²) < 4.78 is 5.47. The highest BCUT2D eigenvalue weighted by molar-refractivity contribution is 4.95. The molecule has 1 heterocycles. The lowest BCUT2D eigenvalue weighted by Gasteiger charge is -2.22. The summed E-state index contributed by atoms with van der Waals surface area (Å²) >= 11 is 0. The highest BCUT2D eigenvalue weighted by atomic mass is 16.5. The van der Waals surface area contributed by atoms with Crippen LogP contribution in [-0.4, -0.2) is 19.3 Å². The summed E-state index contributed by atoms with van der Waals surface area (Å²) in [5.74, 6) is 0. The summed E-state index contributed by atoms with van der Waals surface area (Å²) in [6, 6.07) is 0. The van der Waals surface area contributed by atoms with E-state index in [1.807, 2.05) is 0 Å². The van der Waals surface area contributed by atoms with Crippen LogP contribution >= 0.6 is 0 Å². The number of ether oxygens (including phenoxy) is 1. The predicted molar refractivity (Wildman–Crippen MR) is 35.1 cm³/mol. The lowest BCUT2D eigenvalue weighted by Crippen LogP contribution is -2.29. The molecule has 2 aliphatic rings. The minimum Gasteiger partial charge on any atom is -0.378 e. The van der Waals surface area contributed by atoms with Gasteiger partial charge >= 0.3 is 0 Å². The van der Waals surface area contributed by atoms with Gasteiger partial charge in [0.2, 0.25) is 0 Å². The predicted octanol–water partition coefficient (Wildman–Crippen LogP) is 0.514. The van der Waals surface area contributed by atoms with Crippen LogP contribution in [0, 0.1) is 5.41 Å². The molecule has 9 heavy (non-hydrogen) atoms. The molecule has 2 nitrogen and oxygen atoms in total. The van der Waals surface area contributed by atoms with Crippen molar-refractivity contribution in [3.63, 3.8) is 0 Å². The summed E-state index contributed by atoms with van der Waals surface area (Å²) in [7, 11) is 0. The third-order valence-electron chi connectivity index (χ3n) is 2.72.